The molecule has 0 aliphatic heterocycles. The number of benzene rings is 1. The van der Waals surface area contributed by atoms with Crippen LogP contribution in [0.15, 0.2) is 59.8 Å². The number of esters is 1. The lowest BCUT2D eigenvalue weighted by atomic mass is 10.2. The summed E-state index contributed by atoms with van der Waals surface area (Å²) in [5.74, 6) is -0.743. The van der Waals surface area contributed by atoms with Gasteiger partial charge in [0, 0.05) is 28.8 Å². The number of aryl methyl sites for hydroxylation is 1. The van der Waals surface area contributed by atoms with E-state index in [4.69, 9.17) is 4.74 Å². The number of carbonyl (C=O) groups excluding carboxylic acids is 2. The second-order valence-electron chi connectivity index (χ2n) is 6.11. The number of aromatic nitrogens is 2. The van der Waals surface area contributed by atoms with Gasteiger partial charge in [-0.25, -0.2) is 10.2 Å². The van der Waals surface area contributed by atoms with Crippen LogP contribution in [0.1, 0.15) is 37.8 Å². The van der Waals surface area contributed by atoms with Crippen molar-refractivity contribution in [1.82, 2.24) is 15.0 Å². The maximum absolute atomic E-state index is 12.0. The lowest BCUT2D eigenvalue weighted by Gasteiger charge is -2.10. The maximum atomic E-state index is 12.0. The summed E-state index contributed by atoms with van der Waals surface area (Å²) in [4.78, 5) is 27.6. The molecule has 0 saturated heterocycles. The van der Waals surface area contributed by atoms with Gasteiger partial charge in [-0.2, -0.15) is 5.10 Å². The second-order valence-corrected chi connectivity index (χ2v) is 6.11. The minimum atomic E-state index is -0.371. The lowest BCUT2D eigenvalue weighted by molar-refractivity contribution is 0.0600. The van der Waals surface area contributed by atoms with Gasteiger partial charge in [-0.05, 0) is 56.3 Å². The fourth-order valence-corrected chi connectivity index (χ4v) is 2.89. The van der Waals surface area contributed by atoms with Crippen LogP contribution in [0.3, 0.4) is 0 Å². The standard InChI is InChI=1S/C21H20N4O3/c1-14-12-17(13-23-24-20(26)19-6-4-5-11-22-19)15(2)25(14)18-9-7-16(8-10-18)21(27)28-3/h4-13H,1-3H3,(H,24,26)/b23-13-. The number of methoxy groups -OCH3 is 1. The van der Waals surface area contributed by atoms with Gasteiger partial charge < -0.3 is 9.30 Å². The highest BCUT2D eigenvalue weighted by atomic mass is 16.5. The van der Waals surface area contributed by atoms with E-state index in [1.807, 2.05) is 36.6 Å². The summed E-state index contributed by atoms with van der Waals surface area (Å²) in [7, 11) is 1.36. The molecule has 1 N–H and O–H groups in total. The summed E-state index contributed by atoms with van der Waals surface area (Å²) in [5, 5.41) is 4.04. The molecule has 0 aliphatic rings. The minimum absolute atomic E-state index is 0.302. The predicted molar refractivity (Wildman–Crippen MR) is 106 cm³/mol. The van der Waals surface area contributed by atoms with E-state index >= 15 is 0 Å². The van der Waals surface area contributed by atoms with Gasteiger partial charge in [0.25, 0.3) is 5.91 Å². The summed E-state index contributed by atoms with van der Waals surface area (Å²) in [6, 6.07) is 14.2. The molecular weight excluding hydrogens is 356 g/mol. The molecule has 142 valence electrons. The van der Waals surface area contributed by atoms with Crippen LogP contribution in [-0.4, -0.2) is 34.8 Å². The van der Waals surface area contributed by atoms with Crippen LogP contribution in [0.5, 0.6) is 0 Å². The van der Waals surface area contributed by atoms with Gasteiger partial charge in [0.2, 0.25) is 0 Å². The van der Waals surface area contributed by atoms with Crippen molar-refractivity contribution in [2.75, 3.05) is 7.11 Å². The number of nitrogens with zero attached hydrogens (tertiary/aromatic N) is 3. The number of hydrogen-bond donors (Lipinski definition) is 1. The first-order valence-electron chi connectivity index (χ1n) is 8.63. The molecule has 0 fully saturated rings. The van der Waals surface area contributed by atoms with Crippen molar-refractivity contribution < 1.29 is 14.3 Å². The summed E-state index contributed by atoms with van der Waals surface area (Å²) in [5.41, 5.74) is 7.02. The molecule has 0 atom stereocenters. The van der Waals surface area contributed by atoms with Crippen LogP contribution in [0.2, 0.25) is 0 Å². The predicted octanol–water partition coefficient (Wildman–Crippen LogP) is 3.04. The topological polar surface area (TPSA) is 85.6 Å². The van der Waals surface area contributed by atoms with Gasteiger partial charge in [0.05, 0.1) is 18.9 Å². The third kappa shape index (κ3) is 3.98. The number of nitrogens with one attached hydrogen (secondary N) is 1. The smallest absolute Gasteiger partial charge is 0.337 e. The Labute approximate surface area is 162 Å². The van der Waals surface area contributed by atoms with E-state index in [9.17, 15) is 9.59 Å². The van der Waals surface area contributed by atoms with E-state index in [0.717, 1.165) is 22.6 Å². The molecule has 0 saturated carbocycles. The monoisotopic (exact) mass is 376 g/mol. The molecule has 2 heterocycles. The van der Waals surface area contributed by atoms with E-state index in [2.05, 4.69) is 15.5 Å². The van der Waals surface area contributed by atoms with E-state index in [-0.39, 0.29) is 11.9 Å². The van der Waals surface area contributed by atoms with Gasteiger partial charge >= 0.3 is 5.97 Å². The van der Waals surface area contributed by atoms with Crippen LogP contribution in [0.4, 0.5) is 0 Å². The number of carbonyl (C=O) groups is 2. The molecule has 0 spiro atoms. The Morgan fingerprint density at radius 3 is 2.54 bits per heavy atom. The quantitative estimate of drug-likeness (QED) is 0.421. The molecule has 1 amide bonds. The van der Waals surface area contributed by atoms with Crippen LogP contribution in [0, 0.1) is 13.8 Å². The average molecular weight is 376 g/mol. The normalized spacial score (nSPS) is 10.8. The van der Waals surface area contributed by atoms with Crippen molar-refractivity contribution in [2.45, 2.75) is 13.8 Å². The number of hydrazone groups is 1. The van der Waals surface area contributed by atoms with E-state index in [0.29, 0.717) is 11.3 Å². The van der Waals surface area contributed by atoms with Crippen molar-refractivity contribution in [1.29, 1.82) is 0 Å². The van der Waals surface area contributed by atoms with Crippen LogP contribution in [0.25, 0.3) is 5.69 Å². The van der Waals surface area contributed by atoms with Gasteiger partial charge in [-0.3, -0.25) is 9.78 Å². The maximum Gasteiger partial charge on any atom is 0.337 e. The minimum Gasteiger partial charge on any atom is -0.465 e. The van der Waals surface area contributed by atoms with Crippen LogP contribution < -0.4 is 5.43 Å². The third-order valence-corrected chi connectivity index (χ3v) is 4.28. The first-order chi connectivity index (χ1) is 13.5. The van der Waals surface area contributed by atoms with E-state index < -0.39 is 0 Å². The van der Waals surface area contributed by atoms with Gasteiger partial charge in [0.1, 0.15) is 5.69 Å². The molecule has 2 aromatic heterocycles. The summed E-state index contributed by atoms with van der Waals surface area (Å²) in [6.07, 6.45) is 3.15. The summed E-state index contributed by atoms with van der Waals surface area (Å²) >= 11 is 0. The molecule has 0 unspecified atom stereocenters. The lowest BCUT2D eigenvalue weighted by Crippen LogP contribution is -2.18. The Bertz CT molecular complexity index is 1020. The summed E-state index contributed by atoms with van der Waals surface area (Å²) in [6.45, 7) is 3.94. The Kier molecular flexibility index (Phi) is 5.64. The van der Waals surface area contributed by atoms with Crippen molar-refractivity contribution in [3.05, 3.63) is 82.9 Å². The van der Waals surface area contributed by atoms with Crippen LogP contribution in [-0.2, 0) is 4.74 Å². The highest BCUT2D eigenvalue weighted by Gasteiger charge is 2.11. The highest BCUT2D eigenvalue weighted by molar-refractivity contribution is 5.93. The average Bonchev–Trinajstić information content (AvgIpc) is 3.01. The molecule has 1 aromatic carbocycles. The van der Waals surface area contributed by atoms with Crippen molar-refractivity contribution in [2.24, 2.45) is 5.10 Å². The number of amides is 1. The Morgan fingerprint density at radius 2 is 1.89 bits per heavy atom. The van der Waals surface area contributed by atoms with Crippen molar-refractivity contribution in [3.8, 4) is 5.69 Å². The first kappa shape index (κ1) is 19.0. The summed E-state index contributed by atoms with van der Waals surface area (Å²) < 4.78 is 6.77. The van der Waals surface area contributed by atoms with E-state index in [1.165, 1.54) is 7.11 Å². The molecule has 28 heavy (non-hydrogen) atoms. The molecule has 0 radical (unpaired) electrons. The second kappa shape index (κ2) is 8.30. The van der Waals surface area contributed by atoms with Gasteiger partial charge in [-0.15, -0.1) is 0 Å². The number of pyridine rings is 1. The molecule has 3 aromatic rings. The Hall–Kier alpha value is -3.74. The fraction of sp³-hybridized carbons (Fsp3) is 0.143. The molecule has 3 rings (SSSR count). The fourth-order valence-electron chi connectivity index (χ4n) is 2.89. The first-order valence-corrected chi connectivity index (χ1v) is 8.63. The highest BCUT2D eigenvalue weighted by Crippen LogP contribution is 2.20. The Morgan fingerprint density at radius 1 is 1.14 bits per heavy atom. The molecule has 0 bridgehead atoms. The Balaban J connectivity index is 1.78. The van der Waals surface area contributed by atoms with E-state index in [1.54, 1.807) is 42.7 Å². The van der Waals surface area contributed by atoms with Gasteiger partial charge in [-0.1, -0.05) is 6.07 Å². The third-order valence-electron chi connectivity index (χ3n) is 4.28. The molecular formula is C21H20N4O3. The zero-order valence-corrected chi connectivity index (χ0v) is 15.8. The van der Waals surface area contributed by atoms with Gasteiger partial charge in [0.15, 0.2) is 0 Å². The largest absolute Gasteiger partial charge is 0.465 e. The molecule has 0 aliphatic carbocycles. The number of ether oxygens (including phenoxy) is 1. The van der Waals surface area contributed by atoms with Crippen molar-refractivity contribution >= 4 is 18.1 Å². The molecule has 7 heteroatoms. The zero-order chi connectivity index (χ0) is 20.1. The van der Waals surface area contributed by atoms with Crippen LogP contribution >= 0.6 is 0 Å². The van der Waals surface area contributed by atoms with Crippen molar-refractivity contribution in [3.63, 3.8) is 0 Å². The number of rotatable bonds is 5. The SMILES string of the molecule is COC(=O)c1ccc(-n2c(C)cc(/C=N\NC(=O)c3ccccn3)c2C)cc1. The number of hydrogen-bond acceptors (Lipinski definition) is 5. The zero-order valence-electron chi connectivity index (χ0n) is 15.8. The molecule has 7 nitrogen and oxygen atoms in total.